The Kier molecular flexibility index (Phi) is 7.54. The predicted octanol–water partition coefficient (Wildman–Crippen LogP) is 4.72. The first kappa shape index (κ1) is 24.6. The van der Waals surface area contributed by atoms with E-state index in [9.17, 15) is 9.59 Å². The molecule has 1 aliphatic heterocycles. The number of methoxy groups -OCH3 is 1. The average Bonchev–Trinajstić information content (AvgIpc) is 3.14. The zero-order valence-corrected chi connectivity index (χ0v) is 22.8. The quantitative estimate of drug-likeness (QED) is 0.381. The molecule has 34 heavy (non-hydrogen) atoms. The highest BCUT2D eigenvalue weighted by molar-refractivity contribution is 9.11. The van der Waals surface area contributed by atoms with Gasteiger partial charge in [0, 0.05) is 10.0 Å². The van der Waals surface area contributed by atoms with Crippen LogP contribution in [-0.4, -0.2) is 24.3 Å². The molecule has 6 nitrogen and oxygen atoms in total. The lowest BCUT2D eigenvalue weighted by molar-refractivity contribution is -0.136. The van der Waals surface area contributed by atoms with E-state index in [2.05, 4.69) is 31.9 Å². The van der Waals surface area contributed by atoms with Crippen LogP contribution in [-0.2, 0) is 9.53 Å². The normalized spacial score (nSPS) is 15.7. The molecule has 2 aromatic carbocycles. The van der Waals surface area contributed by atoms with Crippen molar-refractivity contribution in [3.8, 4) is 5.75 Å². The topological polar surface area (TPSA) is 69.9 Å². The third kappa shape index (κ3) is 4.56. The Morgan fingerprint density at radius 3 is 2.59 bits per heavy atom. The van der Waals surface area contributed by atoms with Gasteiger partial charge in [-0.05, 0) is 53.0 Å². The highest BCUT2D eigenvalue weighted by Gasteiger charge is 2.33. The van der Waals surface area contributed by atoms with Gasteiger partial charge in [0.25, 0.3) is 5.56 Å². The Morgan fingerprint density at radius 1 is 1.21 bits per heavy atom. The standard InChI is InChI=1S/C25H22Br2N2O4S/c1-4-18-20(24(31)32-3)21(14-9-7-6-8-10-14)29-23(30)19(34-25(29)28-18)12-15-11-16(26)13-17(27)22(15)33-5-2/h6-13,21H,4-5H2,1-3H3/b19-12+/t21-/m0/s1. The van der Waals surface area contributed by atoms with Crippen molar-refractivity contribution in [3.05, 3.63) is 93.5 Å². The summed E-state index contributed by atoms with van der Waals surface area (Å²) in [5.41, 5.74) is 2.35. The highest BCUT2D eigenvalue weighted by Crippen LogP contribution is 2.34. The summed E-state index contributed by atoms with van der Waals surface area (Å²) in [6, 6.07) is 12.7. The van der Waals surface area contributed by atoms with Gasteiger partial charge in [0.1, 0.15) is 5.75 Å². The fourth-order valence-electron chi connectivity index (χ4n) is 3.94. The molecule has 3 aromatic rings. The van der Waals surface area contributed by atoms with Gasteiger partial charge in [-0.1, -0.05) is 64.5 Å². The number of halogens is 2. The monoisotopic (exact) mass is 604 g/mol. The second-order valence-electron chi connectivity index (χ2n) is 7.44. The predicted molar refractivity (Wildman–Crippen MR) is 140 cm³/mol. The number of benzene rings is 2. The van der Waals surface area contributed by atoms with Crippen LogP contribution in [0.2, 0.25) is 0 Å². The minimum atomic E-state index is -0.623. The molecule has 9 heteroatoms. The molecule has 0 radical (unpaired) electrons. The number of carbonyl (C=O) groups is 1. The van der Waals surface area contributed by atoms with E-state index in [-0.39, 0.29) is 5.56 Å². The molecule has 4 rings (SSSR count). The molecule has 1 aliphatic rings. The number of rotatable bonds is 6. The lowest BCUT2D eigenvalue weighted by Crippen LogP contribution is -2.40. The van der Waals surface area contributed by atoms with Crippen molar-refractivity contribution >= 4 is 55.2 Å². The Bertz CT molecular complexity index is 1460. The first-order valence-electron chi connectivity index (χ1n) is 10.7. The molecule has 1 atom stereocenters. The number of thiazole rings is 1. The maximum absolute atomic E-state index is 13.7. The van der Waals surface area contributed by atoms with Crippen molar-refractivity contribution in [2.75, 3.05) is 13.7 Å². The van der Waals surface area contributed by atoms with E-state index in [1.807, 2.05) is 56.3 Å². The van der Waals surface area contributed by atoms with Crippen LogP contribution in [0, 0.1) is 0 Å². The van der Waals surface area contributed by atoms with Crippen molar-refractivity contribution in [3.63, 3.8) is 0 Å². The van der Waals surface area contributed by atoms with Crippen molar-refractivity contribution in [2.24, 2.45) is 4.99 Å². The van der Waals surface area contributed by atoms with E-state index in [1.54, 1.807) is 10.6 Å². The second kappa shape index (κ2) is 10.4. The van der Waals surface area contributed by atoms with Gasteiger partial charge < -0.3 is 9.47 Å². The Hall–Kier alpha value is -2.49. The van der Waals surface area contributed by atoms with Crippen LogP contribution in [0.3, 0.4) is 0 Å². The second-order valence-corrected chi connectivity index (χ2v) is 10.2. The first-order chi connectivity index (χ1) is 16.4. The summed E-state index contributed by atoms with van der Waals surface area (Å²) < 4.78 is 14.6. The van der Waals surface area contributed by atoms with Crippen molar-refractivity contribution in [1.29, 1.82) is 0 Å². The van der Waals surface area contributed by atoms with E-state index in [0.29, 0.717) is 39.4 Å². The van der Waals surface area contributed by atoms with Crippen LogP contribution in [0.15, 0.2) is 72.5 Å². The first-order valence-corrected chi connectivity index (χ1v) is 13.1. The molecule has 0 saturated heterocycles. The minimum absolute atomic E-state index is 0.229. The van der Waals surface area contributed by atoms with Crippen LogP contribution >= 0.6 is 43.2 Å². The smallest absolute Gasteiger partial charge is 0.338 e. The molecule has 0 aliphatic carbocycles. The largest absolute Gasteiger partial charge is 0.492 e. The Balaban J connectivity index is 2.01. The van der Waals surface area contributed by atoms with Crippen molar-refractivity contribution in [1.82, 2.24) is 4.57 Å². The fourth-order valence-corrected chi connectivity index (χ4v) is 6.32. The third-order valence-electron chi connectivity index (χ3n) is 5.38. The number of hydrogen-bond acceptors (Lipinski definition) is 6. The average molecular weight is 606 g/mol. The Morgan fingerprint density at radius 2 is 1.94 bits per heavy atom. The van der Waals surface area contributed by atoms with Crippen LogP contribution in [0.4, 0.5) is 0 Å². The van der Waals surface area contributed by atoms with Gasteiger partial charge in [-0.3, -0.25) is 9.36 Å². The SMILES string of the molecule is CCOc1c(Br)cc(Br)cc1/C=c1/sc2n(c1=O)[C@@H](c1ccccc1)C(C(=O)OC)=C(CC)N=2. The number of ether oxygens (including phenoxy) is 2. The zero-order valence-electron chi connectivity index (χ0n) is 18.8. The van der Waals surface area contributed by atoms with E-state index in [1.165, 1.54) is 18.4 Å². The summed E-state index contributed by atoms with van der Waals surface area (Å²) in [6.07, 6.45) is 2.34. The summed E-state index contributed by atoms with van der Waals surface area (Å²) in [6.45, 7) is 4.33. The summed E-state index contributed by atoms with van der Waals surface area (Å²) in [7, 11) is 1.34. The van der Waals surface area contributed by atoms with E-state index in [4.69, 9.17) is 14.5 Å². The van der Waals surface area contributed by atoms with E-state index < -0.39 is 12.0 Å². The van der Waals surface area contributed by atoms with Gasteiger partial charge in [0.15, 0.2) is 4.80 Å². The molecule has 0 fully saturated rings. The molecule has 0 bridgehead atoms. The number of allylic oxidation sites excluding steroid dienone is 1. The number of carbonyl (C=O) groups excluding carboxylic acids is 1. The molecule has 0 N–H and O–H groups in total. The molecular formula is C25H22Br2N2O4S. The van der Waals surface area contributed by atoms with Gasteiger partial charge in [0.2, 0.25) is 0 Å². The van der Waals surface area contributed by atoms with Crippen LogP contribution in [0.1, 0.15) is 37.4 Å². The molecule has 0 unspecified atom stereocenters. The summed E-state index contributed by atoms with van der Waals surface area (Å²) in [5.74, 6) is 0.166. The zero-order chi connectivity index (χ0) is 24.4. The van der Waals surface area contributed by atoms with E-state index >= 15 is 0 Å². The molecule has 0 spiro atoms. The Labute approximate surface area is 217 Å². The molecule has 1 aromatic heterocycles. The fraction of sp³-hybridized carbons (Fsp3) is 0.240. The number of fused-ring (bicyclic) bond motifs is 1. The number of hydrogen-bond donors (Lipinski definition) is 0. The van der Waals surface area contributed by atoms with Crippen molar-refractivity contribution < 1.29 is 14.3 Å². The molecule has 0 amide bonds. The summed E-state index contributed by atoms with van der Waals surface area (Å²) in [4.78, 5) is 31.8. The minimum Gasteiger partial charge on any atom is -0.492 e. The third-order valence-corrected chi connectivity index (χ3v) is 7.41. The molecular weight excluding hydrogens is 584 g/mol. The van der Waals surface area contributed by atoms with Crippen LogP contribution in [0.25, 0.3) is 6.08 Å². The van der Waals surface area contributed by atoms with Gasteiger partial charge >= 0.3 is 5.97 Å². The molecule has 0 saturated carbocycles. The van der Waals surface area contributed by atoms with E-state index in [0.717, 1.165) is 20.1 Å². The maximum atomic E-state index is 13.7. The van der Waals surface area contributed by atoms with Gasteiger partial charge in [-0.2, -0.15) is 0 Å². The van der Waals surface area contributed by atoms with Crippen molar-refractivity contribution in [2.45, 2.75) is 26.3 Å². The molecule has 2 heterocycles. The molecule has 176 valence electrons. The number of aromatic nitrogens is 1. The summed E-state index contributed by atoms with van der Waals surface area (Å²) in [5, 5.41) is 0. The lowest BCUT2D eigenvalue weighted by atomic mass is 9.95. The van der Waals surface area contributed by atoms with Crippen LogP contribution < -0.4 is 19.6 Å². The van der Waals surface area contributed by atoms with Crippen LogP contribution in [0.5, 0.6) is 5.75 Å². The number of esters is 1. The van der Waals surface area contributed by atoms with Gasteiger partial charge in [0.05, 0.1) is 40.0 Å². The highest BCUT2D eigenvalue weighted by atomic mass is 79.9. The maximum Gasteiger partial charge on any atom is 0.338 e. The number of nitrogens with zero attached hydrogens (tertiary/aromatic N) is 2. The van der Waals surface area contributed by atoms with Gasteiger partial charge in [-0.15, -0.1) is 0 Å². The lowest BCUT2D eigenvalue weighted by Gasteiger charge is -2.25. The summed E-state index contributed by atoms with van der Waals surface area (Å²) >= 11 is 8.35. The van der Waals surface area contributed by atoms with Gasteiger partial charge in [-0.25, -0.2) is 9.79 Å².